The second kappa shape index (κ2) is 5.14. The minimum Gasteiger partial charge on any atom is -0.481 e. The van der Waals surface area contributed by atoms with Crippen LogP contribution in [-0.2, 0) is 4.79 Å². The second-order valence-corrected chi connectivity index (χ2v) is 3.23. The van der Waals surface area contributed by atoms with Gasteiger partial charge in [-0.3, -0.25) is 4.79 Å². The van der Waals surface area contributed by atoms with Gasteiger partial charge < -0.3 is 15.3 Å². The Morgan fingerprint density at radius 1 is 1.53 bits per heavy atom. The molecule has 0 spiro atoms. The van der Waals surface area contributed by atoms with Gasteiger partial charge in [-0.1, -0.05) is 0 Å². The lowest BCUT2D eigenvalue weighted by molar-refractivity contribution is -0.136. The molecule has 0 radical (unpaired) electrons. The average Bonchev–Trinajstić information content (AvgIpc) is 2.17. The van der Waals surface area contributed by atoms with Gasteiger partial charge in [-0.25, -0.2) is 9.97 Å². The summed E-state index contributed by atoms with van der Waals surface area (Å²) < 4.78 is 0. The van der Waals surface area contributed by atoms with Gasteiger partial charge in [-0.15, -0.1) is 0 Å². The quantitative estimate of drug-likeness (QED) is 0.733. The average molecular weight is 210 g/mol. The number of carboxylic acids is 1. The van der Waals surface area contributed by atoms with Gasteiger partial charge in [0.25, 0.3) is 0 Å². The summed E-state index contributed by atoms with van der Waals surface area (Å²) in [5, 5.41) is 11.4. The monoisotopic (exact) mass is 210 g/mol. The Morgan fingerprint density at radius 2 is 2.27 bits per heavy atom. The zero-order valence-corrected chi connectivity index (χ0v) is 8.77. The van der Waals surface area contributed by atoms with Crippen LogP contribution in [0, 0.1) is 0 Å². The van der Waals surface area contributed by atoms with E-state index in [1.165, 1.54) is 6.33 Å². The maximum atomic E-state index is 10.3. The van der Waals surface area contributed by atoms with E-state index < -0.39 is 5.97 Å². The number of carboxylic acid groups (broad SMARTS) is 1. The van der Waals surface area contributed by atoms with E-state index in [2.05, 4.69) is 15.3 Å². The van der Waals surface area contributed by atoms with Crippen molar-refractivity contribution in [2.45, 2.75) is 6.42 Å². The van der Waals surface area contributed by atoms with Gasteiger partial charge in [0.15, 0.2) is 0 Å². The summed E-state index contributed by atoms with van der Waals surface area (Å²) in [5.74, 6) is 0.585. The Balaban J connectivity index is 2.54. The molecule has 6 nitrogen and oxygen atoms in total. The first-order valence-corrected chi connectivity index (χ1v) is 4.54. The number of aliphatic carboxylic acids is 1. The van der Waals surface area contributed by atoms with Gasteiger partial charge in [0.2, 0.25) is 0 Å². The Hall–Kier alpha value is -1.85. The molecule has 6 heteroatoms. The third kappa shape index (κ3) is 3.80. The van der Waals surface area contributed by atoms with Crippen LogP contribution in [0.3, 0.4) is 0 Å². The molecule has 2 N–H and O–H groups in total. The molecular formula is C9H14N4O2. The van der Waals surface area contributed by atoms with E-state index in [1.807, 2.05) is 19.0 Å². The van der Waals surface area contributed by atoms with E-state index in [-0.39, 0.29) is 6.42 Å². The van der Waals surface area contributed by atoms with Crippen molar-refractivity contribution in [3.05, 3.63) is 12.4 Å². The maximum absolute atomic E-state index is 10.3. The highest BCUT2D eigenvalue weighted by atomic mass is 16.4. The van der Waals surface area contributed by atoms with Gasteiger partial charge in [0.05, 0.1) is 6.42 Å². The molecule has 0 bridgehead atoms. The zero-order valence-electron chi connectivity index (χ0n) is 8.77. The largest absolute Gasteiger partial charge is 0.481 e. The summed E-state index contributed by atoms with van der Waals surface area (Å²) >= 11 is 0. The van der Waals surface area contributed by atoms with Gasteiger partial charge in [0.1, 0.15) is 18.0 Å². The smallest absolute Gasteiger partial charge is 0.305 e. The third-order valence-corrected chi connectivity index (χ3v) is 1.76. The molecule has 0 saturated heterocycles. The van der Waals surface area contributed by atoms with Crippen LogP contribution in [0.4, 0.5) is 11.6 Å². The molecule has 0 unspecified atom stereocenters. The Bertz CT molecular complexity index is 341. The number of hydrogen-bond donors (Lipinski definition) is 2. The van der Waals surface area contributed by atoms with E-state index in [4.69, 9.17) is 5.11 Å². The standard InChI is InChI=1S/C9H14N4O2/c1-13(2)8-5-7(11-6-12-8)10-4-3-9(14)15/h5-6H,3-4H2,1-2H3,(H,14,15)(H,10,11,12). The van der Waals surface area contributed by atoms with Gasteiger partial charge >= 0.3 is 5.97 Å². The van der Waals surface area contributed by atoms with E-state index in [1.54, 1.807) is 6.07 Å². The number of anilines is 2. The summed E-state index contributed by atoms with van der Waals surface area (Å²) in [7, 11) is 3.76. The molecule has 0 saturated carbocycles. The van der Waals surface area contributed by atoms with Crippen molar-refractivity contribution in [3.63, 3.8) is 0 Å². The number of rotatable bonds is 5. The van der Waals surface area contributed by atoms with Crippen LogP contribution in [-0.4, -0.2) is 41.7 Å². The SMILES string of the molecule is CN(C)c1cc(NCCC(=O)O)ncn1. The molecule has 1 rings (SSSR count). The molecule has 0 aromatic carbocycles. The van der Waals surface area contributed by atoms with Gasteiger partial charge in [0, 0.05) is 26.7 Å². The first-order chi connectivity index (χ1) is 7.09. The van der Waals surface area contributed by atoms with Crippen molar-refractivity contribution in [1.29, 1.82) is 0 Å². The second-order valence-electron chi connectivity index (χ2n) is 3.23. The van der Waals surface area contributed by atoms with Crippen molar-refractivity contribution in [1.82, 2.24) is 9.97 Å². The molecule has 0 atom stereocenters. The Morgan fingerprint density at radius 3 is 2.87 bits per heavy atom. The summed E-state index contributed by atoms with van der Waals surface area (Å²) in [5.41, 5.74) is 0. The van der Waals surface area contributed by atoms with E-state index in [0.29, 0.717) is 12.4 Å². The lowest BCUT2D eigenvalue weighted by atomic mass is 10.4. The van der Waals surface area contributed by atoms with Crippen LogP contribution in [0.1, 0.15) is 6.42 Å². The first-order valence-electron chi connectivity index (χ1n) is 4.54. The molecule has 1 aromatic rings. The lowest BCUT2D eigenvalue weighted by Gasteiger charge is -2.11. The normalized spacial score (nSPS) is 9.73. The molecule has 0 aliphatic carbocycles. The van der Waals surface area contributed by atoms with Crippen LogP contribution in [0.25, 0.3) is 0 Å². The summed E-state index contributed by atoms with van der Waals surface area (Å²) in [4.78, 5) is 20.2. The Labute approximate surface area is 88.0 Å². The number of aromatic nitrogens is 2. The van der Waals surface area contributed by atoms with Crippen LogP contribution in [0.2, 0.25) is 0 Å². The maximum Gasteiger partial charge on any atom is 0.305 e. The van der Waals surface area contributed by atoms with Crippen LogP contribution in [0.15, 0.2) is 12.4 Å². The third-order valence-electron chi connectivity index (χ3n) is 1.76. The number of hydrogen-bond acceptors (Lipinski definition) is 5. The molecule has 1 heterocycles. The van der Waals surface area contributed by atoms with Gasteiger partial charge in [-0.05, 0) is 0 Å². The lowest BCUT2D eigenvalue weighted by Crippen LogP contribution is -2.13. The minimum absolute atomic E-state index is 0.0707. The predicted molar refractivity (Wildman–Crippen MR) is 57.1 cm³/mol. The van der Waals surface area contributed by atoms with Crippen molar-refractivity contribution < 1.29 is 9.90 Å². The summed E-state index contributed by atoms with van der Waals surface area (Å²) in [6.45, 7) is 0.360. The van der Waals surface area contributed by atoms with E-state index in [0.717, 1.165) is 5.82 Å². The molecule has 0 aliphatic rings. The highest BCUT2D eigenvalue weighted by molar-refractivity contribution is 5.67. The van der Waals surface area contributed by atoms with Crippen LogP contribution >= 0.6 is 0 Å². The topological polar surface area (TPSA) is 78.4 Å². The Kier molecular flexibility index (Phi) is 3.84. The molecule has 0 amide bonds. The minimum atomic E-state index is -0.829. The summed E-state index contributed by atoms with van der Waals surface area (Å²) in [6.07, 6.45) is 1.51. The molecule has 0 aliphatic heterocycles. The fourth-order valence-electron chi connectivity index (χ4n) is 0.986. The molecule has 15 heavy (non-hydrogen) atoms. The fourth-order valence-corrected chi connectivity index (χ4v) is 0.986. The van der Waals surface area contributed by atoms with Crippen LogP contribution in [0.5, 0.6) is 0 Å². The first kappa shape index (κ1) is 11.2. The predicted octanol–water partition coefficient (Wildman–Crippen LogP) is 0.429. The molecule has 1 aromatic heterocycles. The van der Waals surface area contributed by atoms with Crippen molar-refractivity contribution in [2.24, 2.45) is 0 Å². The van der Waals surface area contributed by atoms with Gasteiger partial charge in [-0.2, -0.15) is 0 Å². The number of carbonyl (C=O) groups is 1. The number of nitrogens with zero attached hydrogens (tertiary/aromatic N) is 3. The molecular weight excluding hydrogens is 196 g/mol. The highest BCUT2D eigenvalue weighted by Gasteiger charge is 2.01. The van der Waals surface area contributed by atoms with E-state index in [9.17, 15) is 4.79 Å². The van der Waals surface area contributed by atoms with Crippen molar-refractivity contribution >= 4 is 17.6 Å². The number of nitrogens with one attached hydrogen (secondary N) is 1. The van der Waals surface area contributed by atoms with Crippen LogP contribution < -0.4 is 10.2 Å². The molecule has 82 valence electrons. The molecule has 0 fully saturated rings. The highest BCUT2D eigenvalue weighted by Crippen LogP contribution is 2.10. The van der Waals surface area contributed by atoms with Crippen molar-refractivity contribution in [3.8, 4) is 0 Å². The van der Waals surface area contributed by atoms with Crippen molar-refractivity contribution in [2.75, 3.05) is 30.9 Å². The zero-order chi connectivity index (χ0) is 11.3. The fraction of sp³-hybridized carbons (Fsp3) is 0.444. The van der Waals surface area contributed by atoms with E-state index >= 15 is 0 Å². The summed E-state index contributed by atoms with van der Waals surface area (Å²) in [6, 6.07) is 1.77.